The Kier molecular flexibility index (Phi) is 5.75. The van der Waals surface area contributed by atoms with Crippen LogP contribution in [0.2, 0.25) is 0 Å². The molecule has 2 aromatic rings. The van der Waals surface area contributed by atoms with Gasteiger partial charge >= 0.3 is 0 Å². The van der Waals surface area contributed by atoms with Crippen LogP contribution in [0.15, 0.2) is 36.5 Å². The van der Waals surface area contributed by atoms with Crippen molar-refractivity contribution in [3.8, 4) is 5.69 Å². The van der Waals surface area contributed by atoms with E-state index in [9.17, 15) is 4.79 Å². The number of ether oxygens (including phenoxy) is 1. The minimum atomic E-state index is -0.326. The van der Waals surface area contributed by atoms with Crippen molar-refractivity contribution >= 4 is 5.91 Å². The number of carbonyl (C=O) groups excluding carboxylic acids is 1. The van der Waals surface area contributed by atoms with E-state index in [0.717, 1.165) is 31.0 Å². The minimum absolute atomic E-state index is 0.0548. The second kappa shape index (κ2) is 8.19. The van der Waals surface area contributed by atoms with E-state index in [1.54, 1.807) is 6.20 Å². The maximum atomic E-state index is 11.0. The summed E-state index contributed by atoms with van der Waals surface area (Å²) in [6.45, 7) is 3.99. The number of nitrogens with two attached hydrogens (primary N) is 1. The lowest BCUT2D eigenvalue weighted by molar-refractivity contribution is -0.119. The van der Waals surface area contributed by atoms with Crippen LogP contribution in [0.25, 0.3) is 5.69 Å². The second-order valence-electron chi connectivity index (χ2n) is 6.36. The van der Waals surface area contributed by atoms with Gasteiger partial charge in [0.05, 0.1) is 36.8 Å². The lowest BCUT2D eigenvalue weighted by Gasteiger charge is -2.34. The quantitative estimate of drug-likeness (QED) is 0.754. The third kappa shape index (κ3) is 4.85. The molecule has 3 rings (SSSR count). The summed E-state index contributed by atoms with van der Waals surface area (Å²) in [5.41, 5.74) is 7.28. The number of rotatable bonds is 7. The second-order valence-corrected chi connectivity index (χ2v) is 6.36. The molecule has 8 nitrogen and oxygen atoms in total. The van der Waals surface area contributed by atoms with E-state index in [2.05, 4.69) is 15.2 Å². The summed E-state index contributed by atoms with van der Waals surface area (Å²) in [4.78, 5) is 15.2. The normalized spacial score (nSPS) is 18.6. The number of nitrogens with zero attached hydrogens (tertiary/aromatic N) is 5. The lowest BCUT2D eigenvalue weighted by atomic mass is 10.2. The summed E-state index contributed by atoms with van der Waals surface area (Å²) in [7, 11) is 1.88. The van der Waals surface area contributed by atoms with Crippen molar-refractivity contribution < 1.29 is 9.53 Å². The third-order valence-corrected chi connectivity index (χ3v) is 4.17. The molecule has 0 saturated carbocycles. The molecule has 134 valence electrons. The summed E-state index contributed by atoms with van der Waals surface area (Å²) in [6.07, 6.45) is 1.86. The highest BCUT2D eigenvalue weighted by Gasteiger charge is 2.23. The first-order valence-corrected chi connectivity index (χ1v) is 8.37. The molecule has 0 bridgehead atoms. The molecule has 2 heterocycles. The van der Waals surface area contributed by atoms with Crippen molar-refractivity contribution in [3.05, 3.63) is 42.2 Å². The van der Waals surface area contributed by atoms with Gasteiger partial charge in [-0.2, -0.15) is 0 Å². The Hall–Kier alpha value is -2.29. The van der Waals surface area contributed by atoms with E-state index in [1.807, 2.05) is 47.0 Å². The molecule has 0 spiro atoms. The maximum absolute atomic E-state index is 11.0. The molecule has 1 aliphatic heterocycles. The van der Waals surface area contributed by atoms with E-state index >= 15 is 0 Å². The Labute approximate surface area is 147 Å². The van der Waals surface area contributed by atoms with E-state index in [4.69, 9.17) is 10.5 Å². The predicted octanol–water partition coefficient (Wildman–Crippen LogP) is -0.115. The van der Waals surface area contributed by atoms with Crippen LogP contribution in [0.4, 0.5) is 0 Å². The van der Waals surface area contributed by atoms with Crippen molar-refractivity contribution in [1.29, 1.82) is 0 Å². The summed E-state index contributed by atoms with van der Waals surface area (Å²) in [5.74, 6) is -0.326. The number of para-hydroxylation sites is 1. The number of carbonyl (C=O) groups is 1. The predicted molar refractivity (Wildman–Crippen MR) is 93.1 cm³/mol. The number of morpholine rings is 1. The standard InChI is InChI=1S/C17H24N6O2/c1-21(13-17(18)24)11-16-12-22(7-8-25-16)10-15-9-19-20-23(15)14-5-3-2-4-6-14/h2-6,9,16H,7-8,10-13H2,1H3,(H2,18,24). The lowest BCUT2D eigenvalue weighted by Crippen LogP contribution is -2.47. The number of hydrogen-bond acceptors (Lipinski definition) is 6. The van der Waals surface area contributed by atoms with Gasteiger partial charge in [-0.25, -0.2) is 4.68 Å². The molecule has 2 N–H and O–H groups in total. The Balaban J connectivity index is 1.60. The molecule has 1 unspecified atom stereocenters. The fraction of sp³-hybridized carbons (Fsp3) is 0.471. The van der Waals surface area contributed by atoms with Gasteiger partial charge in [-0.15, -0.1) is 5.10 Å². The SMILES string of the molecule is CN(CC(N)=O)CC1CN(Cc2cnnn2-c2ccccc2)CCO1. The summed E-state index contributed by atoms with van der Waals surface area (Å²) in [5, 5.41) is 8.26. The third-order valence-electron chi connectivity index (χ3n) is 4.17. The topological polar surface area (TPSA) is 89.5 Å². The smallest absolute Gasteiger partial charge is 0.231 e. The molecule has 1 amide bonds. The van der Waals surface area contributed by atoms with Crippen LogP contribution in [0.1, 0.15) is 5.69 Å². The van der Waals surface area contributed by atoms with Crippen molar-refractivity contribution in [1.82, 2.24) is 24.8 Å². The van der Waals surface area contributed by atoms with Gasteiger partial charge in [0.15, 0.2) is 0 Å². The maximum Gasteiger partial charge on any atom is 0.231 e. The first kappa shape index (κ1) is 17.5. The first-order chi connectivity index (χ1) is 12.1. The average molecular weight is 344 g/mol. The fourth-order valence-corrected chi connectivity index (χ4v) is 3.09. The Morgan fingerprint density at radius 2 is 2.20 bits per heavy atom. The van der Waals surface area contributed by atoms with Crippen LogP contribution in [0.3, 0.4) is 0 Å². The highest BCUT2D eigenvalue weighted by molar-refractivity contribution is 5.75. The molecule has 1 saturated heterocycles. The first-order valence-electron chi connectivity index (χ1n) is 8.37. The van der Waals surface area contributed by atoms with Crippen LogP contribution < -0.4 is 5.73 Å². The van der Waals surface area contributed by atoms with Gasteiger partial charge in [0.25, 0.3) is 0 Å². The van der Waals surface area contributed by atoms with Gasteiger partial charge in [0.2, 0.25) is 5.91 Å². The minimum Gasteiger partial charge on any atom is -0.374 e. The fourth-order valence-electron chi connectivity index (χ4n) is 3.09. The molecule has 25 heavy (non-hydrogen) atoms. The van der Waals surface area contributed by atoms with Crippen molar-refractivity contribution in [2.24, 2.45) is 5.73 Å². The van der Waals surface area contributed by atoms with Crippen LogP contribution in [0.5, 0.6) is 0 Å². The van der Waals surface area contributed by atoms with Crippen LogP contribution in [0, 0.1) is 0 Å². The largest absolute Gasteiger partial charge is 0.374 e. The number of benzene rings is 1. The van der Waals surface area contributed by atoms with Gasteiger partial charge in [-0.1, -0.05) is 23.4 Å². The summed E-state index contributed by atoms with van der Waals surface area (Å²) < 4.78 is 7.69. The number of primary amides is 1. The zero-order valence-electron chi connectivity index (χ0n) is 14.4. The molecular weight excluding hydrogens is 320 g/mol. The number of aromatic nitrogens is 3. The van der Waals surface area contributed by atoms with E-state index < -0.39 is 0 Å². The molecule has 1 aliphatic rings. The highest BCUT2D eigenvalue weighted by atomic mass is 16.5. The van der Waals surface area contributed by atoms with Gasteiger partial charge in [-0.05, 0) is 19.2 Å². The summed E-state index contributed by atoms with van der Waals surface area (Å²) >= 11 is 0. The average Bonchev–Trinajstić information content (AvgIpc) is 3.03. The van der Waals surface area contributed by atoms with E-state index in [0.29, 0.717) is 13.2 Å². The van der Waals surface area contributed by atoms with Gasteiger partial charge in [0, 0.05) is 26.2 Å². The molecule has 1 aromatic heterocycles. The summed E-state index contributed by atoms with van der Waals surface area (Å²) in [6, 6.07) is 9.98. The number of likely N-dealkylation sites (N-methyl/N-ethyl adjacent to an activating group) is 1. The van der Waals surface area contributed by atoms with Crippen molar-refractivity contribution in [2.45, 2.75) is 12.6 Å². The molecule has 0 aliphatic carbocycles. The molecule has 1 aromatic carbocycles. The monoisotopic (exact) mass is 344 g/mol. The molecule has 1 fully saturated rings. The van der Waals surface area contributed by atoms with Crippen LogP contribution in [-0.4, -0.2) is 76.6 Å². The Morgan fingerprint density at radius 3 is 2.96 bits per heavy atom. The molecule has 0 radical (unpaired) electrons. The Morgan fingerprint density at radius 1 is 1.40 bits per heavy atom. The van der Waals surface area contributed by atoms with Gasteiger partial charge in [-0.3, -0.25) is 14.6 Å². The van der Waals surface area contributed by atoms with E-state index in [1.165, 1.54) is 0 Å². The molecule has 1 atom stereocenters. The van der Waals surface area contributed by atoms with Gasteiger partial charge < -0.3 is 10.5 Å². The van der Waals surface area contributed by atoms with Crippen molar-refractivity contribution in [3.63, 3.8) is 0 Å². The Bertz CT molecular complexity index is 689. The zero-order valence-corrected chi connectivity index (χ0v) is 14.4. The molecule has 8 heteroatoms. The zero-order chi connectivity index (χ0) is 17.6. The van der Waals surface area contributed by atoms with E-state index in [-0.39, 0.29) is 18.6 Å². The number of hydrogen-bond donors (Lipinski definition) is 1. The van der Waals surface area contributed by atoms with Gasteiger partial charge in [0.1, 0.15) is 0 Å². The number of amides is 1. The molecular formula is C17H24N6O2. The van der Waals surface area contributed by atoms with Crippen LogP contribution >= 0.6 is 0 Å². The van der Waals surface area contributed by atoms with Crippen molar-refractivity contribution in [2.75, 3.05) is 39.8 Å². The van der Waals surface area contributed by atoms with Crippen LogP contribution in [-0.2, 0) is 16.1 Å². The highest BCUT2D eigenvalue weighted by Crippen LogP contribution is 2.14.